The second kappa shape index (κ2) is 14.9. The predicted molar refractivity (Wildman–Crippen MR) is 96.0 cm³/mol. The lowest BCUT2D eigenvalue weighted by Crippen LogP contribution is -2.33. The maximum atomic E-state index is 3.66. The van der Waals surface area contributed by atoms with Crippen molar-refractivity contribution < 1.29 is 0 Å². The molecule has 21 heavy (non-hydrogen) atoms. The van der Waals surface area contributed by atoms with E-state index in [9.17, 15) is 0 Å². The Labute approximate surface area is 134 Å². The second-order valence-corrected chi connectivity index (χ2v) is 7.18. The van der Waals surface area contributed by atoms with Gasteiger partial charge in [-0.25, -0.2) is 0 Å². The molecule has 1 aliphatic heterocycles. The number of rotatable bonds is 14. The van der Waals surface area contributed by atoms with E-state index in [-0.39, 0.29) is 0 Å². The normalized spacial score (nSPS) is 19.0. The molecular weight excluding hydrogens is 254 g/mol. The molecule has 0 unspecified atom stereocenters. The molecule has 0 radical (unpaired) electrons. The molecule has 1 saturated heterocycles. The van der Waals surface area contributed by atoms with E-state index in [1.807, 2.05) is 0 Å². The summed E-state index contributed by atoms with van der Waals surface area (Å²) in [6, 6.07) is 0.853. The van der Waals surface area contributed by atoms with E-state index in [1.165, 1.54) is 116 Å². The van der Waals surface area contributed by atoms with Crippen LogP contribution in [0.1, 0.15) is 116 Å². The van der Waals surface area contributed by atoms with Gasteiger partial charge in [-0.1, -0.05) is 96.8 Å². The summed E-state index contributed by atoms with van der Waals surface area (Å²) in [7, 11) is 0. The van der Waals surface area contributed by atoms with Crippen molar-refractivity contribution >= 4 is 0 Å². The molecule has 0 amide bonds. The van der Waals surface area contributed by atoms with E-state index < -0.39 is 0 Å². The Kier molecular flexibility index (Phi) is 13.5. The summed E-state index contributed by atoms with van der Waals surface area (Å²) in [5.41, 5.74) is 0. The average molecular weight is 296 g/mol. The Morgan fingerprint density at radius 3 is 1.67 bits per heavy atom. The molecule has 0 aliphatic carbocycles. The van der Waals surface area contributed by atoms with Crippen molar-refractivity contribution in [1.29, 1.82) is 0 Å². The van der Waals surface area contributed by atoms with Crippen molar-refractivity contribution in [2.75, 3.05) is 6.54 Å². The van der Waals surface area contributed by atoms with Crippen LogP contribution >= 0.6 is 0 Å². The van der Waals surface area contributed by atoms with Crippen molar-refractivity contribution in [2.24, 2.45) is 0 Å². The third-order valence-electron chi connectivity index (χ3n) is 5.07. The van der Waals surface area contributed by atoms with E-state index in [2.05, 4.69) is 12.2 Å². The standard InChI is InChI=1S/C20H41N/c1-2-3-4-5-6-7-8-9-10-11-12-13-14-17-20-18-15-16-19-21-20/h20-21H,2-19H2,1H3/t20-/m1/s1. The third-order valence-corrected chi connectivity index (χ3v) is 5.07. The van der Waals surface area contributed by atoms with Crippen LogP contribution in [-0.4, -0.2) is 12.6 Å². The summed E-state index contributed by atoms with van der Waals surface area (Å²) in [5.74, 6) is 0. The van der Waals surface area contributed by atoms with Crippen LogP contribution in [0, 0.1) is 0 Å². The van der Waals surface area contributed by atoms with E-state index in [1.54, 1.807) is 0 Å². The Hall–Kier alpha value is -0.0400. The Morgan fingerprint density at radius 1 is 0.667 bits per heavy atom. The monoisotopic (exact) mass is 295 g/mol. The number of nitrogens with one attached hydrogen (secondary N) is 1. The van der Waals surface area contributed by atoms with Crippen molar-refractivity contribution in [2.45, 2.75) is 122 Å². The van der Waals surface area contributed by atoms with E-state index in [0.29, 0.717) is 0 Å². The fraction of sp³-hybridized carbons (Fsp3) is 1.00. The highest BCUT2D eigenvalue weighted by atomic mass is 14.9. The Morgan fingerprint density at radius 2 is 1.19 bits per heavy atom. The molecule has 1 nitrogen and oxygen atoms in total. The topological polar surface area (TPSA) is 12.0 Å². The van der Waals surface area contributed by atoms with Gasteiger partial charge < -0.3 is 5.32 Å². The van der Waals surface area contributed by atoms with Crippen molar-refractivity contribution in [1.82, 2.24) is 5.32 Å². The fourth-order valence-corrected chi connectivity index (χ4v) is 3.58. The highest BCUT2D eigenvalue weighted by Gasteiger charge is 2.11. The zero-order valence-corrected chi connectivity index (χ0v) is 14.8. The highest BCUT2D eigenvalue weighted by molar-refractivity contribution is 4.71. The first-order chi connectivity index (χ1) is 10.4. The van der Waals surface area contributed by atoms with Gasteiger partial charge in [-0.2, -0.15) is 0 Å². The van der Waals surface area contributed by atoms with Gasteiger partial charge in [0.1, 0.15) is 0 Å². The molecule has 0 bridgehead atoms. The van der Waals surface area contributed by atoms with Gasteiger partial charge >= 0.3 is 0 Å². The lowest BCUT2D eigenvalue weighted by atomic mass is 9.98. The number of hydrogen-bond acceptors (Lipinski definition) is 1. The molecule has 1 aliphatic rings. The first-order valence-corrected chi connectivity index (χ1v) is 10.2. The van der Waals surface area contributed by atoms with Gasteiger partial charge in [-0.15, -0.1) is 0 Å². The highest BCUT2D eigenvalue weighted by Crippen LogP contribution is 2.16. The zero-order valence-electron chi connectivity index (χ0n) is 14.8. The van der Waals surface area contributed by atoms with Gasteiger partial charge in [0.05, 0.1) is 0 Å². The first-order valence-electron chi connectivity index (χ1n) is 10.2. The van der Waals surface area contributed by atoms with E-state index in [0.717, 1.165) is 6.04 Å². The lowest BCUT2D eigenvalue weighted by Gasteiger charge is -2.23. The van der Waals surface area contributed by atoms with Gasteiger partial charge in [0, 0.05) is 6.04 Å². The van der Waals surface area contributed by atoms with Crippen LogP contribution in [0.25, 0.3) is 0 Å². The van der Waals surface area contributed by atoms with Gasteiger partial charge in [-0.3, -0.25) is 0 Å². The smallest absolute Gasteiger partial charge is 0.00670 e. The molecule has 1 N–H and O–H groups in total. The van der Waals surface area contributed by atoms with E-state index >= 15 is 0 Å². The molecule has 0 aromatic rings. The van der Waals surface area contributed by atoms with Crippen molar-refractivity contribution in [3.8, 4) is 0 Å². The van der Waals surface area contributed by atoms with Crippen LogP contribution in [0.2, 0.25) is 0 Å². The van der Waals surface area contributed by atoms with Crippen LogP contribution < -0.4 is 5.32 Å². The summed E-state index contributed by atoms with van der Waals surface area (Å²) in [6.45, 7) is 3.56. The molecule has 0 spiro atoms. The quantitative estimate of drug-likeness (QED) is 0.355. The summed E-state index contributed by atoms with van der Waals surface area (Å²) in [4.78, 5) is 0. The molecule has 1 heteroatoms. The molecule has 1 atom stereocenters. The largest absolute Gasteiger partial charge is 0.314 e. The molecule has 1 fully saturated rings. The van der Waals surface area contributed by atoms with E-state index in [4.69, 9.17) is 0 Å². The van der Waals surface area contributed by atoms with Gasteiger partial charge in [-0.05, 0) is 25.8 Å². The SMILES string of the molecule is CCCCCCCCCCCCCCC[C@@H]1CCCCN1. The van der Waals surface area contributed by atoms with Crippen LogP contribution in [0.15, 0.2) is 0 Å². The van der Waals surface area contributed by atoms with Crippen LogP contribution in [0.3, 0.4) is 0 Å². The minimum absolute atomic E-state index is 0.853. The Bertz CT molecular complexity index is 196. The van der Waals surface area contributed by atoms with Crippen LogP contribution in [0.4, 0.5) is 0 Å². The minimum Gasteiger partial charge on any atom is -0.314 e. The average Bonchev–Trinajstić information content (AvgIpc) is 2.53. The summed E-state index contributed by atoms with van der Waals surface area (Å²) < 4.78 is 0. The number of piperidine rings is 1. The van der Waals surface area contributed by atoms with Crippen molar-refractivity contribution in [3.63, 3.8) is 0 Å². The Balaban J connectivity index is 1.69. The summed E-state index contributed by atoms with van der Waals surface area (Å²) in [5, 5.41) is 3.66. The summed E-state index contributed by atoms with van der Waals surface area (Å²) >= 11 is 0. The second-order valence-electron chi connectivity index (χ2n) is 7.18. The van der Waals surface area contributed by atoms with Crippen LogP contribution in [-0.2, 0) is 0 Å². The molecule has 0 aromatic carbocycles. The maximum absolute atomic E-state index is 3.66. The maximum Gasteiger partial charge on any atom is 0.00670 e. The number of unbranched alkanes of at least 4 members (excludes halogenated alkanes) is 12. The number of hydrogen-bond donors (Lipinski definition) is 1. The van der Waals surface area contributed by atoms with Gasteiger partial charge in [0.25, 0.3) is 0 Å². The molecule has 0 saturated carbocycles. The first kappa shape index (κ1) is 19.0. The molecule has 126 valence electrons. The lowest BCUT2D eigenvalue weighted by molar-refractivity contribution is 0.370. The molecular formula is C20H41N. The fourth-order valence-electron chi connectivity index (χ4n) is 3.58. The summed E-state index contributed by atoms with van der Waals surface area (Å²) in [6.07, 6.45) is 24.8. The van der Waals surface area contributed by atoms with Gasteiger partial charge in [0.2, 0.25) is 0 Å². The van der Waals surface area contributed by atoms with Crippen LogP contribution in [0.5, 0.6) is 0 Å². The minimum atomic E-state index is 0.853. The van der Waals surface area contributed by atoms with Gasteiger partial charge in [0.15, 0.2) is 0 Å². The molecule has 1 heterocycles. The van der Waals surface area contributed by atoms with Crippen molar-refractivity contribution in [3.05, 3.63) is 0 Å². The molecule has 1 rings (SSSR count). The zero-order chi connectivity index (χ0) is 15.0. The third kappa shape index (κ3) is 12.2. The predicted octanol–water partition coefficient (Wildman–Crippen LogP) is 6.61. The molecule has 0 aromatic heterocycles.